The molecule has 190 valence electrons. The van der Waals surface area contributed by atoms with Crippen LogP contribution >= 0.6 is 11.6 Å². The number of pyridine rings is 1. The van der Waals surface area contributed by atoms with Crippen LogP contribution in [0.1, 0.15) is 33.1 Å². The number of carboxylic acids is 1. The van der Waals surface area contributed by atoms with Crippen molar-refractivity contribution in [3.8, 4) is 0 Å². The molecule has 1 atom stereocenters. The molecular formula is C30H31ClN4O2. The largest absolute Gasteiger partial charge is 0.478 e. The number of benzene rings is 3. The summed E-state index contributed by atoms with van der Waals surface area (Å²) in [6, 6.07) is 23.7. The molecule has 1 aliphatic heterocycles. The summed E-state index contributed by atoms with van der Waals surface area (Å²) in [6.07, 6.45) is 1.86. The molecule has 1 unspecified atom stereocenters. The average molecular weight is 515 g/mol. The molecule has 3 aromatic carbocycles. The van der Waals surface area contributed by atoms with E-state index in [0.717, 1.165) is 55.7 Å². The third-order valence-electron chi connectivity index (χ3n) is 7.07. The highest BCUT2D eigenvalue weighted by atomic mass is 35.5. The standard InChI is InChI=1S/C30H31ClN4O2/c1-21-2-4-22(5-3-21)29(23-6-8-24(9-7-23)30(36)37)33-14-15-34-16-18-35(19-17-34)28-12-13-32-27-20-25(31)10-11-26(27)28/h2-13,20,29,33H,14-19H2,1H3,(H,36,37). The first-order chi connectivity index (χ1) is 18.0. The Bertz CT molecular complexity index is 1370. The zero-order chi connectivity index (χ0) is 25.8. The van der Waals surface area contributed by atoms with Crippen molar-refractivity contribution in [3.63, 3.8) is 0 Å². The van der Waals surface area contributed by atoms with Gasteiger partial charge in [0.2, 0.25) is 0 Å². The van der Waals surface area contributed by atoms with Crippen LogP contribution in [-0.2, 0) is 0 Å². The van der Waals surface area contributed by atoms with Crippen molar-refractivity contribution in [2.75, 3.05) is 44.2 Å². The molecule has 6 nitrogen and oxygen atoms in total. The summed E-state index contributed by atoms with van der Waals surface area (Å²) in [5, 5.41) is 14.8. The van der Waals surface area contributed by atoms with Crippen molar-refractivity contribution in [1.29, 1.82) is 0 Å². The normalized spacial score (nSPS) is 15.1. The number of carbonyl (C=O) groups is 1. The molecule has 37 heavy (non-hydrogen) atoms. The molecule has 0 radical (unpaired) electrons. The van der Waals surface area contributed by atoms with E-state index in [1.54, 1.807) is 12.1 Å². The molecule has 2 heterocycles. The van der Waals surface area contributed by atoms with Crippen LogP contribution in [0, 0.1) is 6.92 Å². The Hall–Kier alpha value is -3.45. The Balaban J connectivity index is 1.21. The van der Waals surface area contributed by atoms with E-state index in [4.69, 9.17) is 11.6 Å². The van der Waals surface area contributed by atoms with Gasteiger partial charge in [0.05, 0.1) is 17.1 Å². The lowest BCUT2D eigenvalue weighted by Crippen LogP contribution is -2.48. The number of fused-ring (bicyclic) bond motifs is 1. The Labute approximate surface area is 222 Å². The lowest BCUT2D eigenvalue weighted by molar-refractivity contribution is 0.0697. The van der Waals surface area contributed by atoms with Crippen molar-refractivity contribution in [1.82, 2.24) is 15.2 Å². The van der Waals surface area contributed by atoms with Gasteiger partial charge in [0.1, 0.15) is 0 Å². The van der Waals surface area contributed by atoms with Crippen LogP contribution < -0.4 is 10.2 Å². The summed E-state index contributed by atoms with van der Waals surface area (Å²) in [5.41, 5.74) is 5.88. The van der Waals surface area contributed by atoms with Crippen molar-refractivity contribution in [3.05, 3.63) is 106 Å². The first-order valence-electron chi connectivity index (χ1n) is 12.6. The highest BCUT2D eigenvalue weighted by molar-refractivity contribution is 6.31. The van der Waals surface area contributed by atoms with E-state index in [1.807, 2.05) is 30.5 Å². The number of aromatic carboxylic acids is 1. The molecule has 0 amide bonds. The molecule has 1 aliphatic rings. The molecule has 0 saturated carbocycles. The number of aromatic nitrogens is 1. The lowest BCUT2D eigenvalue weighted by Gasteiger charge is -2.36. The fraction of sp³-hybridized carbons (Fsp3) is 0.267. The van der Waals surface area contributed by atoms with E-state index in [2.05, 4.69) is 63.4 Å². The number of nitrogens with one attached hydrogen (secondary N) is 1. The number of aryl methyl sites for hydroxylation is 1. The smallest absolute Gasteiger partial charge is 0.335 e. The van der Waals surface area contributed by atoms with Crippen LogP contribution in [0.4, 0.5) is 5.69 Å². The van der Waals surface area contributed by atoms with Crippen LogP contribution in [0.5, 0.6) is 0 Å². The lowest BCUT2D eigenvalue weighted by atomic mass is 9.97. The summed E-state index contributed by atoms with van der Waals surface area (Å²) in [7, 11) is 0. The fourth-order valence-electron chi connectivity index (χ4n) is 4.97. The van der Waals surface area contributed by atoms with E-state index in [9.17, 15) is 9.90 Å². The Morgan fingerprint density at radius 2 is 1.65 bits per heavy atom. The molecule has 0 bridgehead atoms. The van der Waals surface area contributed by atoms with Crippen molar-refractivity contribution in [2.45, 2.75) is 13.0 Å². The van der Waals surface area contributed by atoms with E-state index in [1.165, 1.54) is 16.8 Å². The van der Waals surface area contributed by atoms with Gasteiger partial charge in [-0.1, -0.05) is 53.6 Å². The number of halogens is 1. The van der Waals surface area contributed by atoms with Crippen LogP contribution in [0.3, 0.4) is 0 Å². The molecule has 5 rings (SSSR count). The highest BCUT2D eigenvalue weighted by Crippen LogP contribution is 2.28. The van der Waals surface area contributed by atoms with Crippen LogP contribution in [0.15, 0.2) is 79.0 Å². The summed E-state index contributed by atoms with van der Waals surface area (Å²) < 4.78 is 0. The molecule has 4 aromatic rings. The van der Waals surface area contributed by atoms with Crippen molar-refractivity contribution >= 4 is 34.2 Å². The van der Waals surface area contributed by atoms with Gasteiger partial charge in [0.25, 0.3) is 0 Å². The minimum atomic E-state index is -0.908. The maximum absolute atomic E-state index is 11.3. The first kappa shape index (κ1) is 25.2. The zero-order valence-corrected chi connectivity index (χ0v) is 21.7. The number of anilines is 1. The predicted octanol–water partition coefficient (Wildman–Crippen LogP) is 5.40. The Morgan fingerprint density at radius 3 is 2.32 bits per heavy atom. The summed E-state index contributed by atoms with van der Waals surface area (Å²) >= 11 is 6.16. The molecule has 0 spiro atoms. The van der Waals surface area contributed by atoms with Gasteiger partial charge in [-0.2, -0.15) is 0 Å². The number of nitrogens with zero attached hydrogens (tertiary/aromatic N) is 3. The molecular weight excluding hydrogens is 484 g/mol. The number of hydrogen-bond acceptors (Lipinski definition) is 5. The highest BCUT2D eigenvalue weighted by Gasteiger charge is 2.20. The maximum Gasteiger partial charge on any atom is 0.335 e. The van der Waals surface area contributed by atoms with E-state index in [-0.39, 0.29) is 6.04 Å². The van der Waals surface area contributed by atoms with Gasteiger partial charge in [-0.3, -0.25) is 9.88 Å². The number of rotatable bonds is 8. The number of hydrogen-bond donors (Lipinski definition) is 2. The SMILES string of the molecule is Cc1ccc(C(NCCN2CCN(c3ccnc4cc(Cl)ccc34)CC2)c2ccc(C(=O)O)cc2)cc1. The van der Waals surface area contributed by atoms with E-state index < -0.39 is 5.97 Å². The number of piperazine rings is 1. The molecule has 1 saturated heterocycles. The van der Waals surface area contributed by atoms with Crippen molar-refractivity contribution in [2.24, 2.45) is 0 Å². The Kier molecular flexibility index (Phi) is 7.70. The summed E-state index contributed by atoms with van der Waals surface area (Å²) in [4.78, 5) is 20.7. The van der Waals surface area contributed by atoms with Gasteiger partial charge in [-0.15, -0.1) is 0 Å². The van der Waals surface area contributed by atoms with Crippen LogP contribution in [0.2, 0.25) is 5.02 Å². The summed E-state index contributed by atoms with van der Waals surface area (Å²) in [5.74, 6) is -0.908. The molecule has 2 N–H and O–H groups in total. The minimum absolute atomic E-state index is 0.000240. The monoisotopic (exact) mass is 514 g/mol. The molecule has 1 fully saturated rings. The fourth-order valence-corrected chi connectivity index (χ4v) is 5.13. The number of carboxylic acid groups (broad SMARTS) is 1. The second kappa shape index (κ2) is 11.3. The van der Waals surface area contributed by atoms with E-state index >= 15 is 0 Å². The summed E-state index contributed by atoms with van der Waals surface area (Å²) in [6.45, 7) is 7.74. The molecule has 1 aromatic heterocycles. The third kappa shape index (κ3) is 5.93. The van der Waals surface area contributed by atoms with Gasteiger partial charge in [0, 0.05) is 61.6 Å². The van der Waals surface area contributed by atoms with Gasteiger partial charge in [-0.05, 0) is 54.4 Å². The second-order valence-electron chi connectivity index (χ2n) is 9.55. The minimum Gasteiger partial charge on any atom is -0.478 e. The third-order valence-corrected chi connectivity index (χ3v) is 7.31. The zero-order valence-electron chi connectivity index (χ0n) is 20.9. The van der Waals surface area contributed by atoms with Crippen molar-refractivity contribution < 1.29 is 9.90 Å². The Morgan fingerprint density at radius 1 is 0.973 bits per heavy atom. The topological polar surface area (TPSA) is 68.7 Å². The molecule has 7 heteroatoms. The first-order valence-corrected chi connectivity index (χ1v) is 13.0. The molecule has 0 aliphatic carbocycles. The van der Waals surface area contributed by atoms with Crippen LogP contribution in [0.25, 0.3) is 10.9 Å². The van der Waals surface area contributed by atoms with Gasteiger partial charge < -0.3 is 15.3 Å². The van der Waals surface area contributed by atoms with Crippen LogP contribution in [-0.4, -0.2) is 60.2 Å². The average Bonchev–Trinajstić information content (AvgIpc) is 2.92. The van der Waals surface area contributed by atoms with Gasteiger partial charge in [-0.25, -0.2) is 4.79 Å². The predicted molar refractivity (Wildman–Crippen MR) is 150 cm³/mol. The quantitative estimate of drug-likeness (QED) is 0.328. The second-order valence-corrected chi connectivity index (χ2v) is 9.98. The van der Waals surface area contributed by atoms with Gasteiger partial charge in [0.15, 0.2) is 0 Å². The van der Waals surface area contributed by atoms with Gasteiger partial charge >= 0.3 is 5.97 Å². The maximum atomic E-state index is 11.3. The van der Waals surface area contributed by atoms with E-state index in [0.29, 0.717) is 10.6 Å².